The molecule has 2 amide bonds. The number of aromatic nitrogens is 2. The minimum atomic E-state index is -5.19. The molecular weight excluding hydrogens is 470 g/mol. The third-order valence-electron chi connectivity index (χ3n) is 4.03. The number of nitrogens with one attached hydrogen (secondary N) is 2. The van der Waals surface area contributed by atoms with E-state index in [1.807, 2.05) is 0 Å². The average molecular weight is 483 g/mol. The van der Waals surface area contributed by atoms with Crippen molar-refractivity contribution in [2.24, 2.45) is 0 Å². The van der Waals surface area contributed by atoms with Crippen molar-refractivity contribution in [1.82, 2.24) is 15.3 Å². The van der Waals surface area contributed by atoms with Crippen LogP contribution in [0.25, 0.3) is 0 Å². The molecule has 1 fully saturated rings. The van der Waals surface area contributed by atoms with Gasteiger partial charge in [0, 0.05) is 17.9 Å². The van der Waals surface area contributed by atoms with Crippen LogP contribution < -0.4 is 15.4 Å². The molecule has 3 rings (SSSR count). The van der Waals surface area contributed by atoms with Crippen molar-refractivity contribution in [1.29, 1.82) is 0 Å². The third kappa shape index (κ3) is 6.22. The van der Waals surface area contributed by atoms with Crippen LogP contribution in [-0.2, 0) is 6.18 Å². The van der Waals surface area contributed by atoms with E-state index in [0.717, 1.165) is 12.8 Å². The topological polar surface area (TPSA) is 93.2 Å². The summed E-state index contributed by atoms with van der Waals surface area (Å²) in [5.74, 6) is -1.82. The van der Waals surface area contributed by atoms with Crippen molar-refractivity contribution in [3.05, 3.63) is 46.2 Å². The second-order valence-electron chi connectivity index (χ2n) is 6.71. The van der Waals surface area contributed by atoms with Gasteiger partial charge in [-0.3, -0.25) is 9.59 Å². The lowest BCUT2D eigenvalue weighted by molar-refractivity contribution is -0.155. The Kier molecular flexibility index (Phi) is 6.49. The number of amides is 2. The summed E-state index contributed by atoms with van der Waals surface area (Å²) in [6.45, 7) is -1.91. The zero-order chi connectivity index (χ0) is 23.7. The molecule has 1 aliphatic rings. The first kappa shape index (κ1) is 23.6. The first-order valence-corrected chi connectivity index (χ1v) is 9.27. The number of carbonyl (C=O) groups excluding carboxylic acids is 2. The molecule has 1 aromatic carbocycles. The van der Waals surface area contributed by atoms with Gasteiger partial charge in [-0.2, -0.15) is 31.3 Å². The van der Waals surface area contributed by atoms with E-state index < -0.39 is 48.0 Å². The Morgan fingerprint density at radius 2 is 1.78 bits per heavy atom. The van der Waals surface area contributed by atoms with Crippen molar-refractivity contribution < 1.29 is 40.7 Å². The quantitative estimate of drug-likeness (QED) is 0.601. The summed E-state index contributed by atoms with van der Waals surface area (Å²) in [7, 11) is 0. The molecule has 2 N–H and O–H groups in total. The van der Waals surface area contributed by atoms with Gasteiger partial charge in [0.15, 0.2) is 12.3 Å². The number of nitrogens with zero attached hydrogens (tertiary/aromatic N) is 2. The lowest BCUT2D eigenvalue weighted by Crippen LogP contribution is -2.26. The highest BCUT2D eigenvalue weighted by atomic mass is 35.5. The van der Waals surface area contributed by atoms with Gasteiger partial charge in [-0.1, -0.05) is 11.6 Å². The monoisotopic (exact) mass is 482 g/mol. The highest BCUT2D eigenvalue weighted by Gasteiger charge is 2.39. The molecule has 0 radical (unpaired) electrons. The lowest BCUT2D eigenvalue weighted by Gasteiger charge is -2.14. The molecule has 0 aliphatic heterocycles. The van der Waals surface area contributed by atoms with Crippen LogP contribution in [0.5, 0.6) is 6.01 Å². The highest BCUT2D eigenvalue weighted by Crippen LogP contribution is 2.32. The molecule has 1 saturated carbocycles. The van der Waals surface area contributed by atoms with E-state index in [1.165, 1.54) is 18.2 Å². The minimum absolute atomic E-state index is 0.000407. The number of ether oxygens (including phenoxy) is 1. The van der Waals surface area contributed by atoms with Gasteiger partial charge in [-0.25, -0.2) is 4.98 Å². The molecule has 14 heteroatoms. The molecule has 32 heavy (non-hydrogen) atoms. The summed E-state index contributed by atoms with van der Waals surface area (Å²) in [5, 5.41) is 4.90. The van der Waals surface area contributed by atoms with Crippen LogP contribution in [0, 0.1) is 0 Å². The fourth-order valence-corrected chi connectivity index (χ4v) is 2.63. The molecule has 1 aliphatic carbocycles. The number of hydrogen-bond donors (Lipinski definition) is 2. The molecule has 1 aromatic heterocycles. The summed E-state index contributed by atoms with van der Waals surface area (Å²) >= 11 is 5.98. The fourth-order valence-electron chi connectivity index (χ4n) is 2.43. The number of carbonyl (C=O) groups is 2. The molecule has 0 saturated heterocycles. The third-order valence-corrected chi connectivity index (χ3v) is 4.36. The van der Waals surface area contributed by atoms with E-state index in [4.69, 9.17) is 11.6 Å². The maximum Gasteiger partial charge on any atom is 0.434 e. The van der Waals surface area contributed by atoms with Crippen molar-refractivity contribution in [3.63, 3.8) is 0 Å². The predicted molar refractivity (Wildman–Crippen MR) is 98.5 cm³/mol. The summed E-state index contributed by atoms with van der Waals surface area (Å²) in [4.78, 5) is 30.8. The van der Waals surface area contributed by atoms with E-state index in [9.17, 15) is 35.9 Å². The second kappa shape index (κ2) is 8.81. The molecule has 2 aromatic rings. The number of anilines is 1. The molecule has 7 nitrogen and oxygen atoms in total. The number of alkyl halides is 6. The van der Waals surface area contributed by atoms with E-state index in [2.05, 4.69) is 25.3 Å². The van der Waals surface area contributed by atoms with E-state index in [-0.39, 0.29) is 22.3 Å². The largest absolute Gasteiger partial charge is 0.454 e. The zero-order valence-corrected chi connectivity index (χ0v) is 16.5. The van der Waals surface area contributed by atoms with Crippen LogP contribution in [0.1, 0.15) is 39.3 Å². The van der Waals surface area contributed by atoms with Crippen LogP contribution in [0.3, 0.4) is 0 Å². The number of halogens is 7. The SMILES string of the molecule is O=C(NC1CC1)c1cc(NC(=O)c2cnc(OCC(F)(F)F)nc2C(F)(F)F)ccc1Cl. The lowest BCUT2D eigenvalue weighted by atomic mass is 10.1. The smallest absolute Gasteiger partial charge is 0.434 e. The highest BCUT2D eigenvalue weighted by molar-refractivity contribution is 6.34. The van der Waals surface area contributed by atoms with E-state index in [1.54, 1.807) is 0 Å². The number of rotatable bonds is 6. The van der Waals surface area contributed by atoms with Crippen LogP contribution in [0.4, 0.5) is 32.0 Å². The van der Waals surface area contributed by atoms with Gasteiger partial charge in [-0.05, 0) is 31.0 Å². The van der Waals surface area contributed by atoms with Crippen LogP contribution in [0.2, 0.25) is 5.02 Å². The number of hydrogen-bond acceptors (Lipinski definition) is 5. The van der Waals surface area contributed by atoms with E-state index >= 15 is 0 Å². The normalized spacial score (nSPS) is 14.1. The van der Waals surface area contributed by atoms with Crippen LogP contribution in [0.15, 0.2) is 24.4 Å². The molecule has 0 unspecified atom stereocenters. The molecule has 1 heterocycles. The zero-order valence-electron chi connectivity index (χ0n) is 15.8. The molecular formula is C18H13ClF6N4O3. The Morgan fingerprint density at radius 1 is 1.09 bits per heavy atom. The van der Waals surface area contributed by atoms with Gasteiger partial charge in [0.2, 0.25) is 0 Å². The van der Waals surface area contributed by atoms with Crippen LogP contribution in [-0.4, -0.2) is 40.6 Å². The van der Waals surface area contributed by atoms with Crippen molar-refractivity contribution in [2.75, 3.05) is 11.9 Å². The molecule has 172 valence electrons. The number of benzene rings is 1. The molecule has 0 atom stereocenters. The average Bonchev–Trinajstić information content (AvgIpc) is 3.50. The minimum Gasteiger partial charge on any atom is -0.454 e. The summed E-state index contributed by atoms with van der Waals surface area (Å²) in [5.41, 5.74) is -2.90. The van der Waals surface area contributed by atoms with Gasteiger partial charge < -0.3 is 15.4 Å². The van der Waals surface area contributed by atoms with Gasteiger partial charge in [0.05, 0.1) is 16.1 Å². The van der Waals surface area contributed by atoms with Crippen molar-refractivity contribution in [2.45, 2.75) is 31.2 Å². The van der Waals surface area contributed by atoms with Crippen molar-refractivity contribution in [3.8, 4) is 6.01 Å². The Labute approximate surface area is 181 Å². The predicted octanol–water partition coefficient (Wildman–Crippen LogP) is 4.23. The first-order chi connectivity index (χ1) is 14.8. The van der Waals surface area contributed by atoms with E-state index in [0.29, 0.717) is 6.20 Å². The summed E-state index contributed by atoms with van der Waals surface area (Å²) in [6.07, 6.45) is -8.00. The standard InChI is InChI=1S/C18H13ClF6N4O3/c19-12-4-3-9(5-10(12)14(30)27-8-1-2-8)28-15(31)11-6-26-16(32-7-17(20,21)22)29-13(11)18(23,24)25/h3-6,8H,1-2,7H2,(H,27,30)(H,28,31). The van der Waals surface area contributed by atoms with Gasteiger partial charge in [0.1, 0.15) is 0 Å². The Balaban J connectivity index is 1.83. The van der Waals surface area contributed by atoms with Crippen LogP contribution >= 0.6 is 11.6 Å². The fraction of sp³-hybridized carbons (Fsp3) is 0.333. The second-order valence-corrected chi connectivity index (χ2v) is 7.12. The maximum atomic E-state index is 13.3. The van der Waals surface area contributed by atoms with Crippen molar-refractivity contribution >= 4 is 29.1 Å². The summed E-state index contributed by atoms with van der Waals surface area (Å²) in [6, 6.07) is 2.52. The summed E-state index contributed by atoms with van der Waals surface area (Å²) < 4.78 is 80.7. The maximum absolute atomic E-state index is 13.3. The molecule has 0 spiro atoms. The Morgan fingerprint density at radius 3 is 2.38 bits per heavy atom. The van der Waals surface area contributed by atoms with Gasteiger partial charge in [-0.15, -0.1) is 0 Å². The Hall–Kier alpha value is -3.09. The van der Waals surface area contributed by atoms with Gasteiger partial charge >= 0.3 is 18.4 Å². The molecule has 0 bridgehead atoms. The first-order valence-electron chi connectivity index (χ1n) is 8.89. The Bertz CT molecular complexity index is 1040. The van der Waals surface area contributed by atoms with Gasteiger partial charge in [0.25, 0.3) is 11.8 Å².